The molecule has 0 N–H and O–H groups in total. The lowest BCUT2D eigenvalue weighted by Crippen LogP contribution is -2.21. The van der Waals surface area contributed by atoms with Gasteiger partial charge in [-0.2, -0.15) is 13.2 Å². The molecule has 0 amide bonds. The fourth-order valence-corrected chi connectivity index (χ4v) is 3.37. The molecule has 3 aromatic rings. The fourth-order valence-electron chi connectivity index (χ4n) is 2.60. The van der Waals surface area contributed by atoms with Crippen molar-refractivity contribution in [3.8, 4) is 5.69 Å². The molecule has 0 aliphatic rings. The largest absolute Gasteiger partial charge is 0.416 e. The van der Waals surface area contributed by atoms with E-state index in [-0.39, 0.29) is 10.9 Å². The zero-order valence-electron chi connectivity index (χ0n) is 12.8. The smallest absolute Gasteiger partial charge is 0.268 e. The molecule has 0 spiro atoms. The summed E-state index contributed by atoms with van der Waals surface area (Å²) in [6.07, 6.45) is -3.15. The Balaban J connectivity index is 2.33. The number of rotatable bonds is 1. The summed E-state index contributed by atoms with van der Waals surface area (Å²) in [4.78, 5) is 16.9. The molecule has 0 saturated heterocycles. The van der Waals surface area contributed by atoms with Gasteiger partial charge in [-0.3, -0.25) is 9.36 Å². The number of aromatic nitrogens is 2. The lowest BCUT2D eigenvalue weighted by Gasteiger charge is -2.13. The number of alkyl halides is 3. The number of benzene rings is 2. The van der Waals surface area contributed by atoms with Gasteiger partial charge in [-0.25, -0.2) is 4.98 Å². The van der Waals surface area contributed by atoms with Gasteiger partial charge in [0.05, 0.1) is 22.2 Å². The van der Waals surface area contributed by atoms with Gasteiger partial charge in [-0.15, -0.1) is 0 Å². The molecule has 3 nitrogen and oxygen atoms in total. The second-order valence-corrected chi connectivity index (χ2v) is 6.72. The first-order chi connectivity index (χ1) is 11.2. The Morgan fingerprint density at radius 3 is 2.46 bits per heavy atom. The van der Waals surface area contributed by atoms with Crippen molar-refractivity contribution in [3.63, 3.8) is 0 Å². The van der Waals surface area contributed by atoms with E-state index in [4.69, 9.17) is 0 Å². The van der Waals surface area contributed by atoms with Crippen molar-refractivity contribution in [3.05, 3.63) is 67.3 Å². The van der Waals surface area contributed by atoms with Crippen LogP contribution >= 0.6 is 22.6 Å². The van der Waals surface area contributed by atoms with Crippen molar-refractivity contribution < 1.29 is 13.2 Å². The Morgan fingerprint density at radius 1 is 1.12 bits per heavy atom. The third-order valence-corrected chi connectivity index (χ3v) is 4.58. The van der Waals surface area contributed by atoms with Gasteiger partial charge in [0.25, 0.3) is 5.56 Å². The lowest BCUT2D eigenvalue weighted by molar-refractivity contribution is -0.137. The molecule has 0 aliphatic heterocycles. The molecular weight excluding hydrogens is 432 g/mol. The molecule has 0 unspecified atom stereocenters. The zero-order chi connectivity index (χ0) is 17.6. The number of fused-ring (bicyclic) bond motifs is 1. The van der Waals surface area contributed by atoms with Crippen LogP contribution in [-0.2, 0) is 6.18 Å². The highest BCUT2D eigenvalue weighted by Crippen LogP contribution is 2.32. The average Bonchev–Trinajstić information content (AvgIpc) is 2.48. The van der Waals surface area contributed by atoms with E-state index in [1.165, 1.54) is 10.9 Å². The van der Waals surface area contributed by atoms with Crippen LogP contribution in [0.2, 0.25) is 0 Å². The van der Waals surface area contributed by atoms with E-state index >= 15 is 0 Å². The number of nitrogens with zero attached hydrogens (tertiary/aromatic N) is 2. The van der Waals surface area contributed by atoms with E-state index in [0.717, 1.165) is 23.3 Å². The molecule has 0 atom stereocenters. The Hall–Kier alpha value is -1.90. The van der Waals surface area contributed by atoms with Crippen LogP contribution in [0.15, 0.2) is 41.5 Å². The van der Waals surface area contributed by atoms with Crippen molar-refractivity contribution in [1.29, 1.82) is 0 Å². The summed E-state index contributed by atoms with van der Waals surface area (Å²) in [5.41, 5.74) is 1.39. The van der Waals surface area contributed by atoms with E-state index in [9.17, 15) is 18.0 Å². The van der Waals surface area contributed by atoms with Crippen molar-refractivity contribution in [2.45, 2.75) is 20.0 Å². The minimum atomic E-state index is -4.51. The van der Waals surface area contributed by atoms with E-state index in [1.807, 2.05) is 26.0 Å². The third-order valence-electron chi connectivity index (χ3n) is 3.75. The number of hydrogen-bond acceptors (Lipinski definition) is 2. The minimum Gasteiger partial charge on any atom is -0.268 e. The second-order valence-electron chi connectivity index (χ2n) is 5.56. The number of halogens is 4. The summed E-state index contributed by atoms with van der Waals surface area (Å²) < 4.78 is 40.7. The Morgan fingerprint density at radius 2 is 1.83 bits per heavy atom. The number of aryl methyl sites for hydroxylation is 2. The minimum absolute atomic E-state index is 0.0447. The van der Waals surface area contributed by atoms with Crippen LogP contribution in [0.1, 0.15) is 16.7 Å². The Kier molecular flexibility index (Phi) is 4.15. The van der Waals surface area contributed by atoms with Crippen LogP contribution in [0.4, 0.5) is 13.2 Å². The highest BCUT2D eigenvalue weighted by atomic mass is 127. The Labute approximate surface area is 149 Å². The Bertz CT molecular complexity index is 1010. The zero-order valence-corrected chi connectivity index (χ0v) is 14.9. The molecule has 2 aromatic carbocycles. The van der Waals surface area contributed by atoms with Crippen molar-refractivity contribution in [2.24, 2.45) is 0 Å². The molecule has 7 heteroatoms. The predicted octanol–water partition coefficient (Wildman–Crippen LogP) is 4.63. The van der Waals surface area contributed by atoms with Gasteiger partial charge in [-0.05, 0) is 60.2 Å². The molecule has 24 heavy (non-hydrogen) atoms. The van der Waals surface area contributed by atoms with E-state index in [0.29, 0.717) is 9.26 Å². The molecule has 0 saturated carbocycles. The maximum absolute atomic E-state index is 13.0. The fraction of sp³-hybridized carbons (Fsp3) is 0.176. The van der Waals surface area contributed by atoms with Gasteiger partial charge in [0, 0.05) is 3.57 Å². The summed E-state index contributed by atoms with van der Waals surface area (Å²) >= 11 is 1.77. The van der Waals surface area contributed by atoms with Gasteiger partial charge < -0.3 is 0 Å². The topological polar surface area (TPSA) is 34.9 Å². The van der Waals surface area contributed by atoms with Gasteiger partial charge in [0.15, 0.2) is 0 Å². The summed E-state index contributed by atoms with van der Waals surface area (Å²) in [6.45, 7) is 3.77. The highest BCUT2D eigenvalue weighted by molar-refractivity contribution is 14.1. The van der Waals surface area contributed by atoms with Crippen molar-refractivity contribution in [2.75, 3.05) is 0 Å². The van der Waals surface area contributed by atoms with Gasteiger partial charge in [0.2, 0.25) is 0 Å². The predicted molar refractivity (Wildman–Crippen MR) is 94.5 cm³/mol. The molecule has 3 rings (SSSR count). The van der Waals surface area contributed by atoms with Crippen LogP contribution in [-0.4, -0.2) is 9.55 Å². The molecule has 1 heterocycles. The molecule has 0 aliphatic carbocycles. The van der Waals surface area contributed by atoms with Crippen molar-refractivity contribution >= 4 is 33.5 Å². The van der Waals surface area contributed by atoms with E-state index in [1.54, 1.807) is 28.7 Å². The van der Waals surface area contributed by atoms with Crippen molar-refractivity contribution in [1.82, 2.24) is 9.55 Å². The van der Waals surface area contributed by atoms with Crippen LogP contribution in [0, 0.1) is 17.4 Å². The summed E-state index contributed by atoms with van der Waals surface area (Å²) in [5, 5.41) is -0.0447. The van der Waals surface area contributed by atoms with Crippen LogP contribution < -0.4 is 5.56 Å². The normalized spacial score (nSPS) is 11.9. The van der Waals surface area contributed by atoms with Gasteiger partial charge >= 0.3 is 6.18 Å². The highest BCUT2D eigenvalue weighted by Gasteiger charge is 2.31. The van der Waals surface area contributed by atoms with Crippen LogP contribution in [0.25, 0.3) is 16.6 Å². The molecular formula is C17H12F3IN2O. The van der Waals surface area contributed by atoms with Gasteiger partial charge in [0.1, 0.15) is 6.33 Å². The molecule has 124 valence electrons. The monoisotopic (exact) mass is 444 g/mol. The SMILES string of the molecule is Cc1ccc(-n2cnc3c(I)cc(C(F)(F)F)cc3c2=O)c(C)c1. The van der Waals surface area contributed by atoms with E-state index in [2.05, 4.69) is 4.98 Å². The molecule has 0 fully saturated rings. The number of hydrogen-bond donors (Lipinski definition) is 0. The van der Waals surface area contributed by atoms with Crippen LogP contribution in [0.5, 0.6) is 0 Å². The molecule has 0 radical (unpaired) electrons. The van der Waals surface area contributed by atoms with Gasteiger partial charge in [-0.1, -0.05) is 17.7 Å². The third kappa shape index (κ3) is 2.92. The first kappa shape index (κ1) is 16.9. The standard InChI is InChI=1S/C17H12F3IN2O/c1-9-3-4-14(10(2)5-9)23-8-22-15-12(16(23)24)6-11(7-13(15)21)17(18,19)20/h3-8H,1-2H3. The summed E-state index contributed by atoms with van der Waals surface area (Å²) in [5.74, 6) is 0. The summed E-state index contributed by atoms with van der Waals surface area (Å²) in [7, 11) is 0. The van der Waals surface area contributed by atoms with Crippen LogP contribution in [0.3, 0.4) is 0 Å². The first-order valence-electron chi connectivity index (χ1n) is 7.04. The maximum Gasteiger partial charge on any atom is 0.416 e. The average molecular weight is 444 g/mol. The summed E-state index contributed by atoms with van der Waals surface area (Å²) in [6, 6.07) is 7.37. The lowest BCUT2D eigenvalue weighted by atomic mass is 10.1. The maximum atomic E-state index is 13.0. The quantitative estimate of drug-likeness (QED) is 0.514. The van der Waals surface area contributed by atoms with E-state index < -0.39 is 17.3 Å². The molecule has 0 bridgehead atoms. The first-order valence-corrected chi connectivity index (χ1v) is 8.12. The second kappa shape index (κ2) is 5.87. The molecule has 1 aromatic heterocycles.